The Bertz CT molecular complexity index is 805. The van der Waals surface area contributed by atoms with Gasteiger partial charge in [-0.3, -0.25) is 14.9 Å². The molecule has 0 saturated heterocycles. The molecule has 0 fully saturated rings. The largest absolute Gasteiger partial charge is 0.496 e. The second kappa shape index (κ2) is 8.33. The molecule has 0 bridgehead atoms. The van der Waals surface area contributed by atoms with Crippen LogP contribution in [0.15, 0.2) is 42.5 Å². The van der Waals surface area contributed by atoms with Crippen molar-refractivity contribution in [3.63, 3.8) is 0 Å². The topological polar surface area (TPSA) is 84.7 Å². The van der Waals surface area contributed by atoms with Crippen molar-refractivity contribution in [1.29, 1.82) is 0 Å². The van der Waals surface area contributed by atoms with Crippen LogP contribution in [0.2, 0.25) is 0 Å². The van der Waals surface area contributed by atoms with Crippen LogP contribution in [0, 0.1) is 17.0 Å². The predicted molar refractivity (Wildman–Crippen MR) is 102 cm³/mol. The summed E-state index contributed by atoms with van der Waals surface area (Å²) in [5, 5.41) is 13.9. The lowest BCUT2D eigenvalue weighted by Crippen LogP contribution is -2.38. The second-order valence-electron chi connectivity index (χ2n) is 6.20. The van der Waals surface area contributed by atoms with E-state index in [1.54, 1.807) is 6.07 Å². The van der Waals surface area contributed by atoms with Gasteiger partial charge < -0.3 is 15.0 Å². The van der Waals surface area contributed by atoms with Gasteiger partial charge in [-0.25, -0.2) is 0 Å². The van der Waals surface area contributed by atoms with E-state index < -0.39 is 4.92 Å². The van der Waals surface area contributed by atoms with E-state index in [1.807, 2.05) is 49.9 Å². The molecule has 0 aliphatic carbocycles. The number of amides is 1. The Morgan fingerprint density at radius 2 is 1.96 bits per heavy atom. The zero-order valence-electron chi connectivity index (χ0n) is 15.4. The molecule has 0 saturated carbocycles. The number of benzene rings is 2. The van der Waals surface area contributed by atoms with Crippen LogP contribution in [-0.4, -0.2) is 30.5 Å². The first-order chi connectivity index (χ1) is 12.3. The second-order valence-corrected chi connectivity index (χ2v) is 6.20. The Hall–Kier alpha value is -3.09. The first kappa shape index (κ1) is 19.2. The lowest BCUT2D eigenvalue weighted by Gasteiger charge is -2.29. The van der Waals surface area contributed by atoms with Crippen molar-refractivity contribution in [3.05, 3.63) is 58.1 Å². The summed E-state index contributed by atoms with van der Waals surface area (Å²) in [7, 11) is 1.43. The molecule has 0 aliphatic heterocycles. The van der Waals surface area contributed by atoms with E-state index in [0.29, 0.717) is 5.75 Å². The molecular weight excluding hydrogens is 334 g/mol. The Morgan fingerprint density at radius 3 is 2.54 bits per heavy atom. The van der Waals surface area contributed by atoms with Crippen LogP contribution in [0.4, 0.5) is 17.1 Å². The van der Waals surface area contributed by atoms with E-state index in [0.717, 1.165) is 11.3 Å². The van der Waals surface area contributed by atoms with Gasteiger partial charge >= 0.3 is 0 Å². The quantitative estimate of drug-likeness (QED) is 0.602. The van der Waals surface area contributed by atoms with Crippen molar-refractivity contribution in [2.24, 2.45) is 0 Å². The fraction of sp³-hybridized carbons (Fsp3) is 0.316. The minimum absolute atomic E-state index is 0.0890. The average Bonchev–Trinajstić information content (AvgIpc) is 2.60. The summed E-state index contributed by atoms with van der Waals surface area (Å²) in [6.07, 6.45) is 0. The number of nitro benzene ring substituents is 1. The van der Waals surface area contributed by atoms with Gasteiger partial charge in [-0.15, -0.1) is 0 Å². The zero-order chi connectivity index (χ0) is 19.3. The molecule has 7 heteroatoms. The van der Waals surface area contributed by atoms with Crippen LogP contribution in [0.25, 0.3) is 0 Å². The molecule has 26 heavy (non-hydrogen) atoms. The summed E-state index contributed by atoms with van der Waals surface area (Å²) in [5.41, 5.74) is 1.96. The minimum Gasteiger partial charge on any atom is -0.496 e. The standard InChI is InChI=1S/C19H23N3O4/c1-13(2)21(17-8-6-5-7-14(17)3)12-19(23)20-16-10-9-15(26-4)11-18(16)22(24)25/h5-11,13H,12H2,1-4H3,(H,20,23). The number of carbonyl (C=O) groups is 1. The van der Waals surface area contributed by atoms with Crippen LogP contribution in [0.5, 0.6) is 5.75 Å². The van der Waals surface area contributed by atoms with E-state index in [2.05, 4.69) is 5.32 Å². The van der Waals surface area contributed by atoms with Crippen LogP contribution in [0.1, 0.15) is 19.4 Å². The SMILES string of the molecule is COc1ccc(NC(=O)CN(c2ccccc2C)C(C)C)c([N+](=O)[O-])c1. The summed E-state index contributed by atoms with van der Waals surface area (Å²) in [5.74, 6) is 0.0358. The van der Waals surface area contributed by atoms with Gasteiger partial charge in [0.1, 0.15) is 11.4 Å². The lowest BCUT2D eigenvalue weighted by molar-refractivity contribution is -0.384. The van der Waals surface area contributed by atoms with Crippen LogP contribution < -0.4 is 15.0 Å². The van der Waals surface area contributed by atoms with E-state index in [9.17, 15) is 14.9 Å². The molecule has 0 aliphatic rings. The maximum Gasteiger partial charge on any atom is 0.296 e. The summed E-state index contributed by atoms with van der Waals surface area (Å²) in [6, 6.07) is 12.2. The molecule has 0 atom stereocenters. The molecule has 7 nitrogen and oxygen atoms in total. The molecule has 1 amide bonds. The summed E-state index contributed by atoms with van der Waals surface area (Å²) in [6.45, 7) is 6.06. The molecule has 0 aromatic heterocycles. The van der Waals surface area contributed by atoms with Gasteiger partial charge in [-0.05, 0) is 44.5 Å². The van der Waals surface area contributed by atoms with E-state index in [4.69, 9.17) is 4.74 Å². The number of nitro groups is 1. The van der Waals surface area contributed by atoms with Gasteiger partial charge in [0.25, 0.3) is 5.69 Å². The molecule has 0 unspecified atom stereocenters. The molecule has 0 spiro atoms. The Balaban J connectivity index is 2.22. The first-order valence-electron chi connectivity index (χ1n) is 8.28. The highest BCUT2D eigenvalue weighted by Gasteiger charge is 2.20. The van der Waals surface area contributed by atoms with Gasteiger partial charge in [0, 0.05) is 11.7 Å². The fourth-order valence-corrected chi connectivity index (χ4v) is 2.67. The summed E-state index contributed by atoms with van der Waals surface area (Å²) in [4.78, 5) is 25.2. The molecule has 0 heterocycles. The molecular formula is C19H23N3O4. The highest BCUT2D eigenvalue weighted by molar-refractivity contribution is 5.96. The van der Waals surface area contributed by atoms with Gasteiger partial charge in [0.05, 0.1) is 24.6 Å². The van der Waals surface area contributed by atoms with Gasteiger partial charge in [-0.2, -0.15) is 0 Å². The number of rotatable bonds is 7. The van der Waals surface area contributed by atoms with Crippen LogP contribution in [-0.2, 0) is 4.79 Å². The maximum absolute atomic E-state index is 12.5. The van der Waals surface area contributed by atoms with Crippen molar-refractivity contribution in [3.8, 4) is 5.75 Å². The van der Waals surface area contributed by atoms with Crippen molar-refractivity contribution in [2.75, 3.05) is 23.9 Å². The smallest absolute Gasteiger partial charge is 0.296 e. The number of nitrogens with zero attached hydrogens (tertiary/aromatic N) is 2. The van der Waals surface area contributed by atoms with E-state index in [-0.39, 0.29) is 29.9 Å². The van der Waals surface area contributed by atoms with Crippen molar-refractivity contribution in [2.45, 2.75) is 26.8 Å². The molecule has 0 radical (unpaired) electrons. The Morgan fingerprint density at radius 1 is 1.27 bits per heavy atom. The number of hydrogen-bond donors (Lipinski definition) is 1. The summed E-state index contributed by atoms with van der Waals surface area (Å²) >= 11 is 0. The maximum atomic E-state index is 12.5. The fourth-order valence-electron chi connectivity index (χ4n) is 2.67. The van der Waals surface area contributed by atoms with Gasteiger partial charge in [0.2, 0.25) is 5.91 Å². The minimum atomic E-state index is -0.542. The highest BCUT2D eigenvalue weighted by Crippen LogP contribution is 2.29. The summed E-state index contributed by atoms with van der Waals surface area (Å²) < 4.78 is 5.01. The number of nitrogens with one attached hydrogen (secondary N) is 1. The van der Waals surface area contributed by atoms with Gasteiger partial charge in [0.15, 0.2) is 0 Å². The third-order valence-corrected chi connectivity index (χ3v) is 4.04. The monoisotopic (exact) mass is 357 g/mol. The van der Waals surface area contributed by atoms with Crippen LogP contribution in [0.3, 0.4) is 0 Å². The number of aryl methyl sites for hydroxylation is 1. The zero-order valence-corrected chi connectivity index (χ0v) is 15.4. The molecule has 138 valence electrons. The number of ether oxygens (including phenoxy) is 1. The van der Waals surface area contributed by atoms with Crippen LogP contribution >= 0.6 is 0 Å². The van der Waals surface area contributed by atoms with Crippen molar-refractivity contribution < 1.29 is 14.5 Å². The van der Waals surface area contributed by atoms with E-state index >= 15 is 0 Å². The molecule has 2 aromatic carbocycles. The van der Waals surface area contributed by atoms with E-state index in [1.165, 1.54) is 19.2 Å². The van der Waals surface area contributed by atoms with Crippen molar-refractivity contribution in [1.82, 2.24) is 0 Å². The highest BCUT2D eigenvalue weighted by atomic mass is 16.6. The third-order valence-electron chi connectivity index (χ3n) is 4.04. The van der Waals surface area contributed by atoms with Gasteiger partial charge in [-0.1, -0.05) is 18.2 Å². The lowest BCUT2D eigenvalue weighted by atomic mass is 10.1. The molecule has 2 aromatic rings. The number of carbonyl (C=O) groups excluding carboxylic acids is 1. The van der Waals surface area contributed by atoms with Crippen molar-refractivity contribution >= 4 is 23.0 Å². The molecule has 1 N–H and O–H groups in total. The number of anilines is 2. The first-order valence-corrected chi connectivity index (χ1v) is 8.28. The number of para-hydroxylation sites is 1. The third kappa shape index (κ3) is 4.50. The predicted octanol–water partition coefficient (Wildman–Crippen LogP) is 3.77. The Labute approximate surface area is 152 Å². The average molecular weight is 357 g/mol. The number of methoxy groups -OCH3 is 1. The normalized spacial score (nSPS) is 10.5. The Kier molecular flexibility index (Phi) is 6.16. The molecule has 2 rings (SSSR count). The number of hydrogen-bond acceptors (Lipinski definition) is 5.